The zero-order valence-electron chi connectivity index (χ0n) is 22.8. The van der Waals surface area contributed by atoms with E-state index in [0.29, 0.717) is 24.0 Å². The van der Waals surface area contributed by atoms with E-state index >= 15 is 0 Å². The standard InChI is InChI=1S/C13H9.2C7H6O2.C5H5.2CH3.H2Si.Ti/c1-3-7-12-10(5-1)9-11-6-2-4-8-13(11)12;2*8-7(9)6-4-2-1-3-5-6;1-2-4-5-3-1;;;;/h1-5,7-8H,9H2;2*1-5H,(H,8,9);1-3H,4H2;2*1H3;1H2;/q;;;;;;;+2/p-2. The Balaban J connectivity index is 1.71. The number of rotatable bonds is 6. The summed E-state index contributed by atoms with van der Waals surface area (Å²) in [6.07, 6.45) is 7.14. The molecule has 6 heteroatoms. The van der Waals surface area contributed by atoms with Crippen molar-refractivity contribution >= 4 is 23.4 Å². The Morgan fingerprint density at radius 2 is 1.25 bits per heavy atom. The van der Waals surface area contributed by atoms with Crippen molar-refractivity contribution in [3.05, 3.63) is 147 Å². The van der Waals surface area contributed by atoms with Gasteiger partial charge in [-0.3, -0.25) is 0 Å². The molecule has 0 radical (unpaired) electrons. The Labute approximate surface area is 232 Å². The van der Waals surface area contributed by atoms with E-state index in [0.717, 1.165) is 24.4 Å². The van der Waals surface area contributed by atoms with Gasteiger partial charge in [0.15, 0.2) is 0 Å². The van der Waals surface area contributed by atoms with E-state index in [2.05, 4.69) is 18.2 Å². The number of hydrogen-bond acceptors (Lipinski definition) is 4. The number of hydrogen-bond donors (Lipinski definition) is 0. The van der Waals surface area contributed by atoms with Crippen LogP contribution in [0.5, 0.6) is 0 Å². The monoisotopic (exact) mass is 580 g/mol. The van der Waals surface area contributed by atoms with Crippen LogP contribution in [0.2, 0.25) is 10.5 Å². The molecular weight excluding hydrogens is 548 g/mol. The van der Waals surface area contributed by atoms with Crippen LogP contribution in [0, 0.1) is 0 Å². The van der Waals surface area contributed by atoms with Crippen molar-refractivity contribution in [2.75, 3.05) is 0 Å². The van der Waals surface area contributed by atoms with E-state index in [1.165, 1.54) is 5.56 Å². The minimum absolute atomic E-state index is 0.404. The summed E-state index contributed by atoms with van der Waals surface area (Å²) in [7, 11) is 1.60. The molecule has 0 fully saturated rings. The van der Waals surface area contributed by atoms with Gasteiger partial charge in [0, 0.05) is 0 Å². The SMILES string of the molecule is [CH3][Ti]([CH3])(=[SiH2])([O]C(=O)c1ccccc1)([O]C(=O)c1ccccc1)([C]1=CC=CC1)[c]1cccc2c1Cc1ccccc1-2. The van der Waals surface area contributed by atoms with Gasteiger partial charge in [-0.05, 0) is 0 Å². The number of carbonyl (C=O) groups is 2. The molecule has 0 amide bonds. The van der Waals surface area contributed by atoms with Crippen LogP contribution in [-0.4, -0.2) is 19.6 Å². The quantitative estimate of drug-likeness (QED) is 0.211. The molecule has 0 N–H and O–H groups in total. The van der Waals surface area contributed by atoms with Gasteiger partial charge < -0.3 is 0 Å². The van der Waals surface area contributed by atoms with Gasteiger partial charge in [0.2, 0.25) is 0 Å². The number of benzene rings is 4. The van der Waals surface area contributed by atoms with Crippen LogP contribution in [0.15, 0.2) is 125 Å². The maximum atomic E-state index is 14.2. The molecule has 40 heavy (non-hydrogen) atoms. The van der Waals surface area contributed by atoms with Gasteiger partial charge in [-0.15, -0.1) is 0 Å². The molecule has 4 nitrogen and oxygen atoms in total. The Morgan fingerprint density at radius 1 is 0.700 bits per heavy atom. The molecule has 4 aromatic rings. The van der Waals surface area contributed by atoms with Crippen molar-refractivity contribution in [1.82, 2.24) is 0 Å². The summed E-state index contributed by atoms with van der Waals surface area (Å²) in [4.78, 5) is 28.5. The first-order chi connectivity index (χ1) is 19.0. The van der Waals surface area contributed by atoms with E-state index in [9.17, 15) is 9.59 Å². The first-order valence-electron chi connectivity index (χ1n) is 13.6. The van der Waals surface area contributed by atoms with Crippen molar-refractivity contribution in [1.29, 1.82) is 0 Å². The minimum atomic E-state index is -6.62. The molecule has 2 aliphatic carbocycles. The molecule has 0 aliphatic heterocycles. The molecule has 0 bridgehead atoms. The third-order valence-electron chi connectivity index (χ3n) is 9.04. The first kappa shape index (κ1) is 26.5. The van der Waals surface area contributed by atoms with Gasteiger partial charge in [-0.1, -0.05) is 0 Å². The van der Waals surface area contributed by atoms with Crippen molar-refractivity contribution in [3.8, 4) is 11.1 Å². The molecular formula is C34H32O4SiTi. The molecule has 0 spiro atoms. The van der Waals surface area contributed by atoms with Gasteiger partial charge in [-0.25, -0.2) is 0 Å². The number of allylic oxidation sites excluding steroid dienone is 4. The molecule has 2 aliphatic rings. The Kier molecular flexibility index (Phi) is 5.38. The van der Waals surface area contributed by atoms with Crippen molar-refractivity contribution in [2.45, 2.75) is 23.3 Å². The van der Waals surface area contributed by atoms with Crippen molar-refractivity contribution in [2.24, 2.45) is 0 Å². The van der Waals surface area contributed by atoms with E-state index in [1.54, 1.807) is 31.9 Å². The second-order valence-electron chi connectivity index (χ2n) is 12.8. The summed E-state index contributed by atoms with van der Waals surface area (Å²) in [6, 6.07) is 32.3. The third-order valence-corrected chi connectivity index (χ3v) is 25.6. The fraction of sp³-hybridized carbons (Fsp3) is 0.118. The number of fused-ring (bicyclic) bond motifs is 3. The summed E-state index contributed by atoms with van der Waals surface area (Å²) in [6.45, 7) is 0. The summed E-state index contributed by atoms with van der Waals surface area (Å²) in [5.41, 5.74) is 5.27. The second kappa shape index (κ2) is 8.14. The molecule has 4 aromatic carbocycles. The predicted octanol–water partition coefficient (Wildman–Crippen LogP) is 6.68. The van der Waals surface area contributed by atoms with Crippen LogP contribution in [0.25, 0.3) is 11.1 Å². The topological polar surface area (TPSA) is 52.6 Å². The molecule has 0 unspecified atom stereocenters. The zero-order valence-corrected chi connectivity index (χ0v) is 25.8. The molecule has 200 valence electrons. The van der Waals surface area contributed by atoms with Gasteiger partial charge in [-0.2, -0.15) is 0 Å². The van der Waals surface area contributed by atoms with Crippen molar-refractivity contribution in [3.63, 3.8) is 0 Å². The molecule has 0 heterocycles. The fourth-order valence-corrected chi connectivity index (χ4v) is 20.5. The normalized spacial score (nSPS) is 16.4. The molecule has 0 saturated heterocycles. The van der Waals surface area contributed by atoms with Crippen LogP contribution < -0.4 is 3.87 Å². The van der Waals surface area contributed by atoms with Gasteiger partial charge in [0.25, 0.3) is 0 Å². The van der Waals surface area contributed by atoms with Crippen LogP contribution in [-0.2, 0) is 25.3 Å². The Morgan fingerprint density at radius 3 is 1.82 bits per heavy atom. The van der Waals surface area contributed by atoms with Crippen LogP contribution in [0.1, 0.15) is 38.3 Å². The second-order valence-corrected chi connectivity index (χ2v) is 39.8. The van der Waals surface area contributed by atoms with E-state index in [4.69, 9.17) is 6.64 Å². The van der Waals surface area contributed by atoms with Crippen LogP contribution in [0.3, 0.4) is 0 Å². The fourth-order valence-electron chi connectivity index (χ4n) is 6.76. The van der Waals surface area contributed by atoms with Gasteiger partial charge in [0.05, 0.1) is 0 Å². The first-order valence-corrected chi connectivity index (χ1v) is 23.6. The van der Waals surface area contributed by atoms with E-state index in [1.807, 2.05) is 89.3 Å². The van der Waals surface area contributed by atoms with Gasteiger partial charge >= 0.3 is 234 Å². The van der Waals surface area contributed by atoms with E-state index in [-0.39, 0.29) is 0 Å². The van der Waals surface area contributed by atoms with Crippen LogP contribution >= 0.6 is 0 Å². The average molecular weight is 581 g/mol. The summed E-state index contributed by atoms with van der Waals surface area (Å²) < 4.78 is 15.8. The molecule has 0 atom stereocenters. The molecule has 0 saturated carbocycles. The summed E-state index contributed by atoms with van der Waals surface area (Å²) in [5, 5.41) is 3.91. The molecule has 0 aromatic heterocycles. The molecule has 6 rings (SSSR count). The van der Waals surface area contributed by atoms with Gasteiger partial charge in [0.1, 0.15) is 0 Å². The predicted molar refractivity (Wildman–Crippen MR) is 160 cm³/mol. The summed E-state index contributed by atoms with van der Waals surface area (Å²) in [5.74, 6) is -1.03. The van der Waals surface area contributed by atoms with Crippen molar-refractivity contribution < 1.29 is 28.5 Å². The Hall–Kier alpha value is -3.77. The number of carbonyl (C=O) groups excluding carboxylic acids is 2. The van der Waals surface area contributed by atoms with Crippen LogP contribution in [0.4, 0.5) is 0 Å². The summed E-state index contributed by atoms with van der Waals surface area (Å²) >= 11 is -6.62. The third kappa shape index (κ3) is 3.76. The Bertz CT molecular complexity index is 1850. The maximum absolute atomic E-state index is 14.2. The zero-order chi connectivity index (χ0) is 28.1. The average Bonchev–Trinajstić information content (AvgIpc) is 3.64. The van der Waals surface area contributed by atoms with E-state index < -0.39 is 24.2 Å².